The number of methoxy groups -OCH3 is 1. The van der Waals surface area contributed by atoms with Crippen LogP contribution < -0.4 is 173 Å². The number of aliphatic imine (C=N–C) groups is 1. The smallest absolute Gasteiger partial charge is 0.872 e. The standard InChI is InChI=1S/C41H32N8O19S5.5Na/c1-20-11-32(35(68-2)19-31(20)47-48-33-17-27(70(56,57)58)13-22-14-28(71(59,60)61)18-34(50)38(22)33)43-41(52)42-24-5-9-29-21(12-24)15-37(73(65,66)67)39(40(29)51)49-46-30-10-6-25(16-36(30)72(62,63)64)45-44-23-3-7-26(8-4-23)69(53,54)55;;;;;/h3-19,50-51H,1-2H3,(H2,42,43,52)(H,53,54,55)(H,56,57,58)(H,59,60,61)(H,62,63,64)(H,65,66,67);;;;;/q;5*+1/p-5. The van der Waals surface area contributed by atoms with Gasteiger partial charge in [-0.05, 0) is 120 Å². The molecule has 0 fully saturated rings. The molecule has 27 nitrogen and oxygen atoms in total. The van der Waals surface area contributed by atoms with Gasteiger partial charge < -0.3 is 34.5 Å². The number of benzene rings is 7. The van der Waals surface area contributed by atoms with E-state index in [0.29, 0.717) is 6.07 Å². The number of ether oxygens (including phenoxy) is 1. The molecule has 0 spiro atoms. The molecule has 0 radical (unpaired) electrons. The molecule has 0 aromatic heterocycles. The molecule has 0 aliphatic carbocycles. The summed E-state index contributed by atoms with van der Waals surface area (Å²) in [5, 5.41) is 63.9. The molecule has 0 amide bonds. The summed E-state index contributed by atoms with van der Waals surface area (Å²) in [4.78, 5) is -0.421. The van der Waals surface area contributed by atoms with Gasteiger partial charge >= 0.3 is 148 Å². The number of nitrogens with zero attached hydrogens (tertiary/aromatic N) is 7. The summed E-state index contributed by atoms with van der Waals surface area (Å²) >= 11 is 0. The number of rotatable bonds is 14. The Kier molecular flexibility index (Phi) is 25.5. The van der Waals surface area contributed by atoms with E-state index in [4.69, 9.17) is 4.74 Å². The third-order valence-corrected chi connectivity index (χ3v) is 14.2. The van der Waals surface area contributed by atoms with E-state index in [2.05, 4.69) is 41.0 Å². The number of azo groups is 3. The first-order chi connectivity index (χ1) is 33.9. The monoisotopic (exact) mass is 1210 g/mol. The number of fused-ring (bicyclic) bond motifs is 2. The molecule has 78 heavy (non-hydrogen) atoms. The summed E-state index contributed by atoms with van der Waals surface area (Å²) < 4.78 is 177. The van der Waals surface area contributed by atoms with E-state index in [9.17, 15) is 80.2 Å². The fourth-order valence-corrected chi connectivity index (χ4v) is 9.45. The molecule has 0 saturated heterocycles. The molecule has 37 heteroatoms. The van der Waals surface area contributed by atoms with E-state index in [1.807, 2.05) is 0 Å². The molecule has 0 aliphatic rings. The van der Waals surface area contributed by atoms with Crippen LogP contribution in [0.5, 0.6) is 17.2 Å². The molecule has 0 bridgehead atoms. The average molecular weight is 1210 g/mol. The van der Waals surface area contributed by atoms with Gasteiger partial charge in [-0.25, -0.2) is 21.8 Å². The van der Waals surface area contributed by atoms with Crippen LogP contribution in [0.4, 0.5) is 45.5 Å². The maximum Gasteiger partial charge on any atom is 1.00 e. The van der Waals surface area contributed by atoms with Gasteiger partial charge in [-0.15, -0.1) is 15.3 Å². The molecule has 0 heterocycles. The van der Waals surface area contributed by atoms with Gasteiger partial charge in [0.1, 0.15) is 47.2 Å². The van der Waals surface area contributed by atoms with Gasteiger partial charge in [0, 0.05) is 17.1 Å². The van der Waals surface area contributed by atoms with Crippen molar-refractivity contribution >= 4 is 124 Å². The van der Waals surface area contributed by atoms with Crippen LogP contribution in [0.15, 0.2) is 163 Å². The first kappa shape index (κ1) is 71.2. The Morgan fingerprint density at radius 1 is 0.526 bits per heavy atom. The van der Waals surface area contributed by atoms with E-state index in [-0.39, 0.29) is 209 Å². The Labute approximate surface area is 554 Å². The Hall–Kier alpha value is -2.92. The number of anilines is 1. The fourth-order valence-electron chi connectivity index (χ4n) is 6.62. The van der Waals surface area contributed by atoms with Crippen molar-refractivity contribution in [3.63, 3.8) is 0 Å². The van der Waals surface area contributed by atoms with Gasteiger partial charge in [0.15, 0.2) is 0 Å². The first-order valence-electron chi connectivity index (χ1n) is 19.5. The second-order valence-corrected chi connectivity index (χ2v) is 21.8. The molecule has 4 N–H and O–H groups in total. The van der Waals surface area contributed by atoms with E-state index in [1.54, 1.807) is 0 Å². The fraction of sp³-hybridized carbons (Fsp3) is 0.0488. The zero-order chi connectivity index (χ0) is 53.6. The molecule has 0 aliphatic heterocycles. The minimum absolute atomic E-state index is 0. The maximum atomic E-state index is 13.7. The van der Waals surface area contributed by atoms with E-state index in [0.717, 1.165) is 78.9 Å². The Bertz CT molecular complexity index is 4190. The third kappa shape index (κ3) is 17.3. The molecular formula is C41H27N8Na5O19S5. The van der Waals surface area contributed by atoms with Gasteiger partial charge in [-0.3, -0.25) is 13.7 Å². The number of hydrogen-bond acceptors (Lipinski definition) is 23. The summed E-state index contributed by atoms with van der Waals surface area (Å²) in [6.45, 7) is 1.47. The molecule has 380 valence electrons. The van der Waals surface area contributed by atoms with E-state index in [1.165, 1.54) is 32.2 Å². The number of hydrogen-bond donors (Lipinski definition) is 4. The van der Waals surface area contributed by atoms with Gasteiger partial charge in [0.25, 0.3) is 30.4 Å². The van der Waals surface area contributed by atoms with Crippen LogP contribution in [0.25, 0.3) is 21.5 Å². The van der Waals surface area contributed by atoms with E-state index < -0.39 is 110 Å². The summed E-state index contributed by atoms with van der Waals surface area (Å²) in [6, 6.07) is 15.5. The van der Waals surface area contributed by atoms with Crippen molar-refractivity contribution in [1.82, 2.24) is 0 Å². The predicted molar refractivity (Wildman–Crippen MR) is 246 cm³/mol. The molecular weight excluding hydrogens is 1180 g/mol. The zero-order valence-electron chi connectivity index (χ0n) is 41.4. The maximum absolute atomic E-state index is 13.7. The summed E-state index contributed by atoms with van der Waals surface area (Å²) in [7, 11) is -24.1. The summed E-state index contributed by atoms with van der Waals surface area (Å²) in [5.41, 5.74) is -2.22. The van der Waals surface area contributed by atoms with Gasteiger partial charge in [-0.1, -0.05) is 17.6 Å². The van der Waals surface area contributed by atoms with Gasteiger partial charge in [0.2, 0.25) is 0 Å². The van der Waals surface area contributed by atoms with Crippen molar-refractivity contribution in [3.8, 4) is 17.2 Å². The predicted octanol–water partition coefficient (Wildman–Crippen LogP) is -9.27. The third-order valence-electron chi connectivity index (χ3n) is 9.96. The molecule has 0 atom stereocenters. The van der Waals surface area contributed by atoms with Crippen molar-refractivity contribution in [3.05, 3.63) is 109 Å². The minimum atomic E-state index is -5.29. The van der Waals surface area contributed by atoms with Crippen molar-refractivity contribution in [2.75, 3.05) is 12.4 Å². The zero-order valence-corrected chi connectivity index (χ0v) is 55.4. The number of amidine groups is 1. The van der Waals surface area contributed by atoms with Crippen molar-refractivity contribution in [2.45, 2.75) is 31.4 Å². The Balaban J connectivity index is 0.00000416. The van der Waals surface area contributed by atoms with Crippen molar-refractivity contribution in [2.24, 2.45) is 35.7 Å². The van der Waals surface area contributed by atoms with Crippen LogP contribution in [-0.4, -0.2) is 78.0 Å². The normalized spacial score (nSPS) is 12.4. The van der Waals surface area contributed by atoms with Crippen LogP contribution in [-0.2, 0) is 50.6 Å². The minimum Gasteiger partial charge on any atom is -0.872 e. The molecule has 7 aromatic rings. The average Bonchev–Trinajstić information content (AvgIpc) is 3.28. The second-order valence-electron chi connectivity index (χ2n) is 14.9. The van der Waals surface area contributed by atoms with Gasteiger partial charge in [0.05, 0.1) is 56.3 Å². The summed E-state index contributed by atoms with van der Waals surface area (Å²) in [6.07, 6.45) is 0. The molecule has 7 aromatic carbocycles. The van der Waals surface area contributed by atoms with Crippen LogP contribution in [0.3, 0.4) is 0 Å². The second kappa shape index (κ2) is 27.9. The van der Waals surface area contributed by atoms with Crippen LogP contribution >= 0.6 is 0 Å². The Morgan fingerprint density at radius 2 is 1.09 bits per heavy atom. The van der Waals surface area contributed by atoms with Crippen LogP contribution in [0.2, 0.25) is 0 Å². The summed E-state index contributed by atoms with van der Waals surface area (Å²) in [5.74, 6) is -2.27. The van der Waals surface area contributed by atoms with Crippen LogP contribution in [0, 0.1) is 6.92 Å². The quantitative estimate of drug-likeness (QED) is 0.0258. The van der Waals surface area contributed by atoms with Crippen molar-refractivity contribution < 1.29 is 233 Å². The molecule has 7 rings (SSSR count). The van der Waals surface area contributed by atoms with E-state index >= 15 is 0 Å². The first-order valence-corrected chi connectivity index (χ1v) is 26.7. The van der Waals surface area contributed by atoms with Gasteiger partial charge in [-0.2, -0.15) is 40.6 Å². The Morgan fingerprint density at radius 3 is 1.67 bits per heavy atom. The van der Waals surface area contributed by atoms with Crippen molar-refractivity contribution in [1.29, 1.82) is 0 Å². The van der Waals surface area contributed by atoms with Crippen LogP contribution in [0.1, 0.15) is 5.56 Å². The number of nitrogens with one attached hydrogen (secondary N) is 1. The largest absolute Gasteiger partial charge is 1.00 e. The SMILES string of the molecule is COc1cc(N=Nc2cc(S(=O)(=O)[O-])cc3cc(S(=O)(=O)O)cc([O-])c23)c(C)cc1N=C([O-])Nc1ccc2c([O-])c(N=Nc3ccc(N=Nc4ccc(S(=O)(=O)[O-])cc4)cc3S(=O)(=O)O)c(S(=O)(=O)O)cc2c1.[Na+].[Na+].[Na+].[Na+].[Na+]. The number of aryl methyl sites for hydroxylation is 1. The molecule has 0 unspecified atom stereocenters. The molecule has 0 saturated carbocycles. The topological polar surface area (TPSA) is 454 Å².